The van der Waals surface area contributed by atoms with Crippen molar-refractivity contribution >= 4 is 23.3 Å². The number of anilines is 1. The number of halogens is 1. The van der Waals surface area contributed by atoms with Crippen LogP contribution in [-0.4, -0.2) is 26.3 Å². The van der Waals surface area contributed by atoms with Gasteiger partial charge in [-0.15, -0.1) is 0 Å². The summed E-state index contributed by atoms with van der Waals surface area (Å²) in [5.41, 5.74) is 6.24. The average molecular weight is 230 g/mol. The van der Waals surface area contributed by atoms with Crippen LogP contribution < -0.4 is 5.73 Å². The second-order valence-electron chi connectivity index (χ2n) is 2.86. The fraction of sp³-hybridized carbons (Fsp3) is 0.300. The van der Waals surface area contributed by atoms with E-state index in [0.717, 1.165) is 0 Å². The largest absolute Gasteiger partial charge is 0.460 e. The quantitative estimate of drug-likeness (QED) is 0.485. The van der Waals surface area contributed by atoms with Crippen molar-refractivity contribution in [1.29, 1.82) is 0 Å². The minimum atomic E-state index is -0.471. The number of hydrogen-bond acceptors (Lipinski definition) is 4. The van der Waals surface area contributed by atoms with Gasteiger partial charge in [0.2, 0.25) is 0 Å². The fourth-order valence-electron chi connectivity index (χ4n) is 1.01. The van der Waals surface area contributed by atoms with E-state index in [1.165, 1.54) is 19.2 Å². The molecule has 0 aromatic heterocycles. The summed E-state index contributed by atoms with van der Waals surface area (Å²) in [7, 11) is 1.53. The van der Waals surface area contributed by atoms with Gasteiger partial charge in [0.25, 0.3) is 0 Å². The number of benzene rings is 1. The Balaban J connectivity index is 2.65. The molecule has 0 heterocycles. The molecule has 0 aliphatic heterocycles. The van der Waals surface area contributed by atoms with Crippen LogP contribution in [0.25, 0.3) is 0 Å². The molecule has 0 aliphatic rings. The lowest BCUT2D eigenvalue weighted by Crippen LogP contribution is -2.11. The first-order chi connectivity index (χ1) is 7.15. The molecule has 2 N–H and O–H groups in total. The van der Waals surface area contributed by atoms with Gasteiger partial charge in [-0.3, -0.25) is 0 Å². The van der Waals surface area contributed by atoms with E-state index in [1.807, 2.05) is 0 Å². The van der Waals surface area contributed by atoms with Gasteiger partial charge in [0, 0.05) is 17.8 Å². The minimum Gasteiger partial charge on any atom is -0.460 e. The maximum absolute atomic E-state index is 11.5. The predicted octanol–water partition coefficient (Wildman–Crippen LogP) is 1.73. The van der Waals surface area contributed by atoms with Gasteiger partial charge in [0.1, 0.15) is 6.61 Å². The summed E-state index contributed by atoms with van der Waals surface area (Å²) in [6.07, 6.45) is 0. The molecule has 1 aromatic rings. The Morgan fingerprint density at radius 1 is 1.47 bits per heavy atom. The van der Waals surface area contributed by atoms with Crippen molar-refractivity contribution in [3.63, 3.8) is 0 Å². The van der Waals surface area contributed by atoms with Crippen LogP contribution >= 0.6 is 11.6 Å². The van der Waals surface area contributed by atoms with Crippen molar-refractivity contribution in [2.24, 2.45) is 0 Å². The predicted molar refractivity (Wildman–Crippen MR) is 58.0 cm³/mol. The zero-order valence-corrected chi connectivity index (χ0v) is 9.08. The summed E-state index contributed by atoms with van der Waals surface area (Å²) in [6, 6.07) is 4.63. The highest BCUT2D eigenvalue weighted by molar-refractivity contribution is 6.31. The van der Waals surface area contributed by atoms with Crippen molar-refractivity contribution in [2.75, 3.05) is 26.1 Å². The second-order valence-corrected chi connectivity index (χ2v) is 3.30. The molecule has 15 heavy (non-hydrogen) atoms. The smallest absolute Gasteiger partial charge is 0.340 e. The molecule has 0 spiro atoms. The first-order valence-electron chi connectivity index (χ1n) is 4.36. The Hall–Kier alpha value is -1.26. The summed E-state index contributed by atoms with van der Waals surface area (Å²) < 4.78 is 9.65. The third kappa shape index (κ3) is 3.42. The number of esters is 1. The first kappa shape index (κ1) is 11.8. The molecule has 0 fully saturated rings. The van der Waals surface area contributed by atoms with Crippen LogP contribution in [0.4, 0.5) is 5.69 Å². The SMILES string of the molecule is COCCOC(=O)c1ccc(Cl)cc1N. The van der Waals surface area contributed by atoms with Gasteiger partial charge < -0.3 is 15.2 Å². The number of ether oxygens (including phenoxy) is 2. The van der Waals surface area contributed by atoms with Crippen LogP contribution in [0.5, 0.6) is 0 Å². The number of nitrogens with two attached hydrogens (primary N) is 1. The Bertz CT molecular complexity index is 355. The van der Waals surface area contributed by atoms with E-state index in [2.05, 4.69) is 0 Å². The lowest BCUT2D eigenvalue weighted by Gasteiger charge is -2.06. The van der Waals surface area contributed by atoms with E-state index in [4.69, 9.17) is 26.8 Å². The maximum atomic E-state index is 11.5. The molecule has 0 aliphatic carbocycles. The van der Waals surface area contributed by atoms with Gasteiger partial charge >= 0.3 is 5.97 Å². The van der Waals surface area contributed by atoms with Gasteiger partial charge in [-0.25, -0.2) is 4.79 Å². The molecule has 0 radical (unpaired) electrons. The van der Waals surface area contributed by atoms with Gasteiger partial charge in [-0.05, 0) is 18.2 Å². The molecular weight excluding hydrogens is 218 g/mol. The highest BCUT2D eigenvalue weighted by Crippen LogP contribution is 2.18. The van der Waals surface area contributed by atoms with Crippen LogP contribution in [0.15, 0.2) is 18.2 Å². The van der Waals surface area contributed by atoms with Gasteiger partial charge in [0.15, 0.2) is 0 Å². The zero-order chi connectivity index (χ0) is 11.3. The summed E-state index contributed by atoms with van der Waals surface area (Å²) >= 11 is 5.70. The van der Waals surface area contributed by atoms with Crippen molar-refractivity contribution in [3.05, 3.63) is 28.8 Å². The molecular formula is C10H12ClNO3. The van der Waals surface area contributed by atoms with Crippen molar-refractivity contribution in [3.8, 4) is 0 Å². The molecule has 4 nitrogen and oxygen atoms in total. The maximum Gasteiger partial charge on any atom is 0.340 e. The third-order valence-electron chi connectivity index (χ3n) is 1.75. The molecule has 0 amide bonds. The molecule has 1 aromatic carbocycles. The molecule has 0 atom stereocenters. The first-order valence-corrected chi connectivity index (χ1v) is 4.74. The van der Waals surface area contributed by atoms with Gasteiger partial charge in [-0.2, -0.15) is 0 Å². The molecule has 0 saturated heterocycles. The van der Waals surface area contributed by atoms with E-state index >= 15 is 0 Å². The van der Waals surface area contributed by atoms with Crippen LogP contribution in [0.3, 0.4) is 0 Å². The lowest BCUT2D eigenvalue weighted by molar-refractivity contribution is 0.0389. The molecule has 82 valence electrons. The number of methoxy groups -OCH3 is 1. The van der Waals surface area contributed by atoms with Gasteiger partial charge in [-0.1, -0.05) is 11.6 Å². The van der Waals surface area contributed by atoms with Crippen LogP contribution in [0.1, 0.15) is 10.4 Å². The van der Waals surface area contributed by atoms with Crippen LogP contribution in [0, 0.1) is 0 Å². The Labute approximate surface area is 92.9 Å². The standard InChI is InChI=1S/C10H12ClNO3/c1-14-4-5-15-10(13)8-3-2-7(11)6-9(8)12/h2-3,6H,4-5,12H2,1H3. The number of carbonyl (C=O) groups is 1. The molecule has 0 unspecified atom stereocenters. The van der Waals surface area contributed by atoms with Gasteiger partial charge in [0.05, 0.1) is 12.2 Å². The van der Waals surface area contributed by atoms with Crippen LogP contribution in [0.2, 0.25) is 5.02 Å². The number of nitrogen functional groups attached to an aromatic ring is 1. The molecule has 0 saturated carbocycles. The molecule has 0 bridgehead atoms. The number of hydrogen-bond donors (Lipinski definition) is 1. The normalized spacial score (nSPS) is 10.0. The molecule has 5 heteroatoms. The zero-order valence-electron chi connectivity index (χ0n) is 8.33. The Morgan fingerprint density at radius 2 is 2.20 bits per heavy atom. The van der Waals surface area contributed by atoms with Crippen molar-refractivity contribution in [2.45, 2.75) is 0 Å². The van der Waals surface area contributed by atoms with Crippen LogP contribution in [-0.2, 0) is 9.47 Å². The lowest BCUT2D eigenvalue weighted by atomic mass is 10.2. The topological polar surface area (TPSA) is 61.5 Å². The summed E-state index contributed by atoms with van der Waals surface area (Å²) in [5, 5.41) is 0.487. The van der Waals surface area contributed by atoms with E-state index in [1.54, 1.807) is 6.07 Å². The van der Waals surface area contributed by atoms with E-state index in [0.29, 0.717) is 22.9 Å². The third-order valence-corrected chi connectivity index (χ3v) is 1.99. The Kier molecular flexibility index (Phi) is 4.39. The summed E-state index contributed by atoms with van der Waals surface area (Å²) in [6.45, 7) is 0.566. The summed E-state index contributed by atoms with van der Waals surface area (Å²) in [4.78, 5) is 11.5. The second kappa shape index (κ2) is 5.58. The highest BCUT2D eigenvalue weighted by Gasteiger charge is 2.10. The van der Waals surface area contributed by atoms with Crippen molar-refractivity contribution in [1.82, 2.24) is 0 Å². The van der Waals surface area contributed by atoms with E-state index in [9.17, 15) is 4.79 Å². The minimum absolute atomic E-state index is 0.206. The Morgan fingerprint density at radius 3 is 2.80 bits per heavy atom. The van der Waals surface area contributed by atoms with E-state index in [-0.39, 0.29) is 6.61 Å². The number of rotatable bonds is 4. The summed E-state index contributed by atoms with van der Waals surface area (Å²) in [5.74, 6) is -0.471. The van der Waals surface area contributed by atoms with Crippen molar-refractivity contribution < 1.29 is 14.3 Å². The fourth-order valence-corrected chi connectivity index (χ4v) is 1.20. The highest BCUT2D eigenvalue weighted by atomic mass is 35.5. The monoisotopic (exact) mass is 229 g/mol. The molecule has 1 rings (SSSR count). The average Bonchev–Trinajstić information content (AvgIpc) is 2.17. The van der Waals surface area contributed by atoms with E-state index < -0.39 is 5.97 Å². The number of carbonyl (C=O) groups excluding carboxylic acids is 1.